The Morgan fingerprint density at radius 1 is 1.38 bits per heavy atom. The van der Waals surface area contributed by atoms with Crippen LogP contribution in [0.15, 0.2) is 36.6 Å². The van der Waals surface area contributed by atoms with Gasteiger partial charge >= 0.3 is 11.9 Å². The van der Waals surface area contributed by atoms with Gasteiger partial charge < -0.3 is 44.4 Å². The molecule has 0 saturated carbocycles. The second-order valence-electron chi connectivity index (χ2n) is 9.55. The minimum atomic E-state index is -1.97. The molecule has 1 aliphatic carbocycles. The van der Waals surface area contributed by atoms with Crippen molar-refractivity contribution in [3.8, 4) is 0 Å². The Kier molecular flexibility index (Phi) is 7.63. The van der Waals surface area contributed by atoms with Crippen LogP contribution in [-0.2, 0) is 28.5 Å². The molecular weight excluding hydrogens is 486 g/mol. The van der Waals surface area contributed by atoms with Gasteiger partial charge in [0.1, 0.15) is 24.1 Å². The third-order valence-electron chi connectivity index (χ3n) is 7.66. The van der Waals surface area contributed by atoms with Crippen molar-refractivity contribution in [1.82, 2.24) is 4.98 Å². The Balaban J connectivity index is 1.68. The molecule has 1 fully saturated rings. The van der Waals surface area contributed by atoms with E-state index in [0.717, 1.165) is 0 Å². The van der Waals surface area contributed by atoms with Gasteiger partial charge in [-0.1, -0.05) is 19.1 Å². The second kappa shape index (κ2) is 10.4. The number of carboxylic acid groups (broad SMARTS) is 1. The van der Waals surface area contributed by atoms with E-state index >= 15 is 0 Å². The van der Waals surface area contributed by atoms with Gasteiger partial charge in [0, 0.05) is 28.8 Å². The third kappa shape index (κ3) is 4.51. The summed E-state index contributed by atoms with van der Waals surface area (Å²) in [7, 11) is 1.22. The highest BCUT2D eigenvalue weighted by molar-refractivity contribution is 5.90. The predicted octanol–water partition coefficient (Wildman–Crippen LogP) is -0.697. The number of carbonyl (C=O) groups is 2. The van der Waals surface area contributed by atoms with Crippen LogP contribution in [0.25, 0.3) is 12.3 Å². The number of carbonyl (C=O) groups excluding carboxylic acids is 1. The molecule has 0 amide bonds. The molecule has 11 nitrogen and oxygen atoms in total. The summed E-state index contributed by atoms with van der Waals surface area (Å²) in [5, 5.41) is 44.3. The summed E-state index contributed by atoms with van der Waals surface area (Å²) in [6.07, 6.45) is 2.74. The van der Waals surface area contributed by atoms with Crippen molar-refractivity contribution in [3.05, 3.63) is 47.1 Å². The SMILES string of the molecule is C=C[C@@H]1[C@H](CC(=O)O)C(C(=O)OC)=CC[C@H]1O[C@@H]1O[C@H](CO)[C@]2(C=c3cc[nH]c3=CO2)[C@H](O)[C@]1(O)CC. The van der Waals surface area contributed by atoms with Crippen molar-refractivity contribution < 1.29 is 49.0 Å². The van der Waals surface area contributed by atoms with Gasteiger partial charge in [0.05, 0.1) is 31.6 Å². The van der Waals surface area contributed by atoms with E-state index in [1.807, 2.05) is 0 Å². The summed E-state index contributed by atoms with van der Waals surface area (Å²) in [5.74, 6) is -3.19. The van der Waals surface area contributed by atoms with Crippen molar-refractivity contribution >= 4 is 24.3 Å². The lowest BCUT2D eigenvalue weighted by Gasteiger charge is -2.55. The van der Waals surface area contributed by atoms with E-state index in [9.17, 15) is 30.0 Å². The van der Waals surface area contributed by atoms with Gasteiger partial charge in [0.2, 0.25) is 0 Å². The molecule has 1 saturated heterocycles. The van der Waals surface area contributed by atoms with Crippen LogP contribution < -0.4 is 10.6 Å². The first-order valence-electron chi connectivity index (χ1n) is 12.1. The molecule has 5 N–H and O–H groups in total. The number of aliphatic carboxylic acids is 1. The largest absolute Gasteiger partial charge is 0.483 e. The van der Waals surface area contributed by atoms with E-state index in [-0.39, 0.29) is 24.8 Å². The van der Waals surface area contributed by atoms with Crippen LogP contribution in [0.5, 0.6) is 0 Å². The van der Waals surface area contributed by atoms with E-state index in [1.54, 1.807) is 31.3 Å². The molecule has 0 radical (unpaired) electrons. The average Bonchev–Trinajstić information content (AvgIpc) is 3.36. The number of fused-ring (bicyclic) bond motifs is 1. The number of carboxylic acids is 1. The van der Waals surface area contributed by atoms with Gasteiger partial charge in [-0.25, -0.2) is 4.79 Å². The van der Waals surface area contributed by atoms with Gasteiger partial charge in [-0.05, 0) is 25.0 Å². The van der Waals surface area contributed by atoms with Crippen LogP contribution in [0.1, 0.15) is 26.2 Å². The Morgan fingerprint density at radius 2 is 2.14 bits per heavy atom. The molecule has 1 aromatic heterocycles. The maximum Gasteiger partial charge on any atom is 0.333 e. The van der Waals surface area contributed by atoms with Gasteiger partial charge in [0.15, 0.2) is 11.9 Å². The highest BCUT2D eigenvalue weighted by Crippen LogP contribution is 2.45. The van der Waals surface area contributed by atoms with E-state index in [0.29, 0.717) is 10.6 Å². The first kappa shape index (κ1) is 27.1. The number of esters is 1. The number of rotatable bonds is 8. The average molecular weight is 520 g/mol. The number of H-pyrrole nitrogens is 1. The van der Waals surface area contributed by atoms with Crippen molar-refractivity contribution in [3.63, 3.8) is 0 Å². The Hall–Kier alpha value is -2.96. The van der Waals surface area contributed by atoms with Crippen LogP contribution >= 0.6 is 0 Å². The minimum absolute atomic E-state index is 0.00318. The number of aromatic nitrogens is 1. The lowest BCUT2D eigenvalue weighted by Crippen LogP contribution is -2.74. The van der Waals surface area contributed by atoms with E-state index in [1.165, 1.54) is 19.4 Å². The first-order valence-corrected chi connectivity index (χ1v) is 12.1. The lowest BCUT2D eigenvalue weighted by atomic mass is 9.73. The Labute approximate surface area is 213 Å². The molecule has 3 aliphatic rings. The zero-order valence-corrected chi connectivity index (χ0v) is 20.7. The molecule has 202 valence electrons. The lowest BCUT2D eigenvalue weighted by molar-refractivity contribution is -0.364. The number of hydrogen-bond donors (Lipinski definition) is 5. The topological polar surface area (TPSA) is 168 Å². The quantitative estimate of drug-likeness (QED) is 0.219. The molecule has 8 atom stereocenters. The number of aliphatic hydroxyl groups excluding tert-OH is 2. The molecule has 11 heteroatoms. The highest BCUT2D eigenvalue weighted by atomic mass is 16.7. The van der Waals surface area contributed by atoms with Gasteiger partial charge in [-0.2, -0.15) is 0 Å². The summed E-state index contributed by atoms with van der Waals surface area (Å²) in [4.78, 5) is 26.9. The molecule has 0 unspecified atom stereocenters. The number of aromatic amines is 1. The normalized spacial score (nSPS) is 36.8. The van der Waals surface area contributed by atoms with Crippen LogP contribution in [0.3, 0.4) is 0 Å². The molecule has 3 heterocycles. The smallest absolute Gasteiger partial charge is 0.333 e. The van der Waals surface area contributed by atoms with E-state index < -0.39 is 66.2 Å². The monoisotopic (exact) mass is 519 g/mol. The van der Waals surface area contributed by atoms with Crippen molar-refractivity contribution in [1.29, 1.82) is 0 Å². The third-order valence-corrected chi connectivity index (χ3v) is 7.66. The summed E-state index contributed by atoms with van der Waals surface area (Å²) < 4.78 is 23.0. The molecule has 0 bridgehead atoms. The molecular formula is C26H33NO10. The van der Waals surface area contributed by atoms with Gasteiger partial charge in [0.25, 0.3) is 0 Å². The maximum absolute atomic E-state index is 12.3. The fourth-order valence-electron chi connectivity index (χ4n) is 5.56. The first-order chi connectivity index (χ1) is 17.6. The molecule has 1 aromatic rings. The summed E-state index contributed by atoms with van der Waals surface area (Å²) in [5.41, 5.74) is -3.35. The van der Waals surface area contributed by atoms with Crippen LogP contribution in [0.4, 0.5) is 0 Å². The van der Waals surface area contributed by atoms with E-state index in [2.05, 4.69) is 11.6 Å². The molecule has 37 heavy (non-hydrogen) atoms. The maximum atomic E-state index is 12.3. The number of aliphatic hydroxyl groups is 3. The standard InChI is InChI=1S/C26H33NO10/c1-4-15-17(10-21(29)30)16(22(31)34-3)6-7-19(15)36-24-25(33,5-2)23(32)26(20(12-28)37-24)11-14-8-9-27-18(14)13-35-26/h4,6,8-9,11,13,15,17,19-20,23-24,27-28,32-33H,1,5,7,10,12H2,2-3H3,(H,29,30)/t15-,17+,19-,20-,23-,24-,25-,26-/m1/s1. The number of nitrogens with one attached hydrogen (secondary N) is 1. The zero-order chi connectivity index (χ0) is 27.0. The zero-order valence-electron chi connectivity index (χ0n) is 20.7. The van der Waals surface area contributed by atoms with Crippen molar-refractivity contribution in [2.24, 2.45) is 11.8 Å². The Morgan fingerprint density at radius 3 is 2.76 bits per heavy atom. The van der Waals surface area contributed by atoms with Gasteiger partial charge in [-0.3, -0.25) is 4.79 Å². The summed E-state index contributed by atoms with van der Waals surface area (Å²) in [6.45, 7) is 4.92. The number of ether oxygens (including phenoxy) is 4. The number of methoxy groups -OCH3 is 1. The highest BCUT2D eigenvalue weighted by Gasteiger charge is 2.64. The fraction of sp³-hybridized carbons (Fsp3) is 0.538. The summed E-state index contributed by atoms with van der Waals surface area (Å²) in [6, 6.07) is 1.77. The summed E-state index contributed by atoms with van der Waals surface area (Å²) >= 11 is 0. The molecule has 1 spiro atoms. The minimum Gasteiger partial charge on any atom is -0.483 e. The van der Waals surface area contributed by atoms with Crippen LogP contribution in [-0.4, -0.2) is 86.9 Å². The van der Waals surface area contributed by atoms with Gasteiger partial charge in [-0.15, -0.1) is 6.58 Å². The second-order valence-corrected chi connectivity index (χ2v) is 9.55. The predicted molar refractivity (Wildman–Crippen MR) is 129 cm³/mol. The fourth-order valence-corrected chi connectivity index (χ4v) is 5.56. The van der Waals surface area contributed by atoms with E-state index in [4.69, 9.17) is 18.9 Å². The Bertz CT molecular complexity index is 1190. The number of hydrogen-bond acceptors (Lipinski definition) is 9. The van der Waals surface area contributed by atoms with Crippen LogP contribution in [0, 0.1) is 11.8 Å². The molecule has 2 aliphatic heterocycles. The molecule has 4 rings (SSSR count). The van der Waals surface area contributed by atoms with Crippen molar-refractivity contribution in [2.45, 2.75) is 62.0 Å². The van der Waals surface area contributed by atoms with Crippen LogP contribution in [0.2, 0.25) is 0 Å². The van der Waals surface area contributed by atoms with Crippen molar-refractivity contribution in [2.75, 3.05) is 13.7 Å². The molecule has 0 aromatic carbocycles.